The lowest BCUT2D eigenvalue weighted by atomic mass is 10.2. The van der Waals surface area contributed by atoms with E-state index in [1.54, 1.807) is 73.8 Å². The largest absolute Gasteiger partial charge is 0.497 e. The smallest absolute Gasteiger partial charge is 0.262 e. The first-order chi connectivity index (χ1) is 14.0. The monoisotopic (exact) mass is 410 g/mol. The van der Waals surface area contributed by atoms with Gasteiger partial charge in [0.1, 0.15) is 11.5 Å². The second kappa shape index (κ2) is 9.61. The summed E-state index contributed by atoms with van der Waals surface area (Å²) < 4.78 is 10.6. The summed E-state index contributed by atoms with van der Waals surface area (Å²) >= 11 is 6.24. The Bertz CT molecular complexity index is 1010. The molecule has 0 heterocycles. The number of methoxy groups -OCH3 is 1. The van der Waals surface area contributed by atoms with E-state index < -0.39 is 0 Å². The summed E-state index contributed by atoms with van der Waals surface area (Å²) in [7, 11) is 1.56. The number of amides is 2. The number of halogens is 1. The maximum absolute atomic E-state index is 12.2. The van der Waals surface area contributed by atoms with Crippen molar-refractivity contribution >= 4 is 34.8 Å². The van der Waals surface area contributed by atoms with Gasteiger partial charge in [-0.2, -0.15) is 0 Å². The van der Waals surface area contributed by atoms with Gasteiger partial charge in [-0.1, -0.05) is 35.9 Å². The van der Waals surface area contributed by atoms with Crippen molar-refractivity contribution in [1.82, 2.24) is 0 Å². The predicted octanol–water partition coefficient (Wildman–Crippen LogP) is 4.62. The predicted molar refractivity (Wildman–Crippen MR) is 113 cm³/mol. The normalized spacial score (nSPS) is 10.1. The van der Waals surface area contributed by atoms with Crippen molar-refractivity contribution < 1.29 is 19.1 Å². The quantitative estimate of drug-likeness (QED) is 0.596. The van der Waals surface area contributed by atoms with E-state index in [2.05, 4.69) is 10.6 Å². The highest BCUT2D eigenvalue weighted by Gasteiger charge is 2.10. The van der Waals surface area contributed by atoms with Crippen molar-refractivity contribution in [3.8, 4) is 11.5 Å². The molecule has 0 aliphatic rings. The summed E-state index contributed by atoms with van der Waals surface area (Å²) in [5.41, 5.74) is 1.47. The lowest BCUT2D eigenvalue weighted by Gasteiger charge is -2.11. The SMILES string of the molecule is COc1cccc(OCC(=O)Nc2ccc(NC(=O)c3ccccc3)c(Cl)c2)c1. The van der Waals surface area contributed by atoms with Crippen LogP contribution in [0.2, 0.25) is 5.02 Å². The van der Waals surface area contributed by atoms with Crippen LogP contribution in [0, 0.1) is 0 Å². The highest BCUT2D eigenvalue weighted by atomic mass is 35.5. The number of carbonyl (C=O) groups excluding carboxylic acids is 2. The Balaban J connectivity index is 1.56. The third kappa shape index (κ3) is 5.73. The fourth-order valence-corrected chi connectivity index (χ4v) is 2.74. The van der Waals surface area contributed by atoms with Crippen LogP contribution in [-0.4, -0.2) is 25.5 Å². The maximum Gasteiger partial charge on any atom is 0.262 e. The molecule has 0 spiro atoms. The van der Waals surface area contributed by atoms with Gasteiger partial charge in [0.2, 0.25) is 0 Å². The molecule has 0 saturated carbocycles. The Morgan fingerprint density at radius 2 is 1.66 bits per heavy atom. The first-order valence-corrected chi connectivity index (χ1v) is 9.15. The molecule has 2 N–H and O–H groups in total. The van der Waals surface area contributed by atoms with E-state index in [-0.39, 0.29) is 18.4 Å². The highest BCUT2D eigenvalue weighted by Crippen LogP contribution is 2.26. The van der Waals surface area contributed by atoms with E-state index in [1.165, 1.54) is 0 Å². The molecule has 0 aliphatic carbocycles. The molecule has 148 valence electrons. The van der Waals surface area contributed by atoms with Gasteiger partial charge in [-0.05, 0) is 42.5 Å². The molecule has 3 aromatic carbocycles. The first-order valence-electron chi connectivity index (χ1n) is 8.78. The molecule has 0 bridgehead atoms. The Labute approximate surface area is 173 Å². The molecule has 3 rings (SSSR count). The molecular weight excluding hydrogens is 392 g/mol. The van der Waals surface area contributed by atoms with Crippen molar-refractivity contribution in [1.29, 1.82) is 0 Å². The lowest BCUT2D eigenvalue weighted by molar-refractivity contribution is -0.118. The Hall–Kier alpha value is -3.51. The third-order valence-electron chi connectivity index (χ3n) is 3.95. The molecule has 0 saturated heterocycles. The highest BCUT2D eigenvalue weighted by molar-refractivity contribution is 6.34. The van der Waals surface area contributed by atoms with E-state index >= 15 is 0 Å². The van der Waals surface area contributed by atoms with E-state index in [1.807, 2.05) is 6.07 Å². The van der Waals surface area contributed by atoms with Gasteiger partial charge in [0.25, 0.3) is 11.8 Å². The lowest BCUT2D eigenvalue weighted by Crippen LogP contribution is -2.20. The summed E-state index contributed by atoms with van der Waals surface area (Å²) in [6, 6.07) is 20.6. The van der Waals surface area contributed by atoms with Crippen molar-refractivity contribution in [2.24, 2.45) is 0 Å². The minimum atomic E-state index is -0.343. The second-order valence-corrected chi connectivity index (χ2v) is 6.44. The molecule has 0 atom stereocenters. The number of ether oxygens (including phenoxy) is 2. The van der Waals surface area contributed by atoms with Crippen molar-refractivity contribution in [2.45, 2.75) is 0 Å². The van der Waals surface area contributed by atoms with Gasteiger partial charge in [0.15, 0.2) is 6.61 Å². The van der Waals surface area contributed by atoms with E-state index in [9.17, 15) is 9.59 Å². The van der Waals surface area contributed by atoms with Crippen LogP contribution in [0.1, 0.15) is 10.4 Å². The zero-order valence-electron chi connectivity index (χ0n) is 15.6. The van der Waals surface area contributed by atoms with Crippen LogP contribution in [0.3, 0.4) is 0 Å². The average Bonchev–Trinajstić information content (AvgIpc) is 2.75. The molecule has 0 radical (unpaired) electrons. The average molecular weight is 411 g/mol. The van der Waals surface area contributed by atoms with E-state index in [0.29, 0.717) is 33.5 Å². The van der Waals surface area contributed by atoms with Crippen LogP contribution in [0.5, 0.6) is 11.5 Å². The van der Waals surface area contributed by atoms with Gasteiger partial charge in [-0.3, -0.25) is 9.59 Å². The summed E-state index contributed by atoms with van der Waals surface area (Å²) in [5.74, 6) is 0.556. The van der Waals surface area contributed by atoms with Gasteiger partial charge in [0.05, 0.1) is 17.8 Å². The molecular formula is C22H19ClN2O4. The number of hydrogen-bond acceptors (Lipinski definition) is 4. The fraction of sp³-hybridized carbons (Fsp3) is 0.0909. The van der Waals surface area contributed by atoms with Gasteiger partial charge < -0.3 is 20.1 Å². The van der Waals surface area contributed by atoms with Crippen LogP contribution >= 0.6 is 11.6 Å². The minimum absolute atomic E-state index is 0.169. The maximum atomic E-state index is 12.2. The van der Waals surface area contributed by atoms with Crippen LogP contribution < -0.4 is 20.1 Å². The van der Waals surface area contributed by atoms with Gasteiger partial charge >= 0.3 is 0 Å². The standard InChI is InChI=1S/C22H19ClN2O4/c1-28-17-8-5-9-18(13-17)29-14-21(26)24-16-10-11-20(19(23)12-16)25-22(27)15-6-3-2-4-7-15/h2-13H,14H2,1H3,(H,24,26)(H,25,27). The summed E-state index contributed by atoms with van der Waals surface area (Å²) in [5, 5.41) is 5.75. The minimum Gasteiger partial charge on any atom is -0.497 e. The number of anilines is 2. The molecule has 0 aliphatic heterocycles. The van der Waals surface area contributed by atoms with Crippen molar-refractivity contribution in [3.63, 3.8) is 0 Å². The Morgan fingerprint density at radius 3 is 2.38 bits per heavy atom. The van der Waals surface area contributed by atoms with Crippen molar-refractivity contribution in [3.05, 3.63) is 83.4 Å². The number of carbonyl (C=O) groups is 2. The fourth-order valence-electron chi connectivity index (χ4n) is 2.52. The number of hydrogen-bond donors (Lipinski definition) is 2. The molecule has 7 heteroatoms. The molecule has 0 unspecified atom stereocenters. The van der Waals surface area contributed by atoms with Crippen LogP contribution in [-0.2, 0) is 4.79 Å². The van der Waals surface area contributed by atoms with Gasteiger partial charge in [-0.15, -0.1) is 0 Å². The summed E-state index contributed by atoms with van der Waals surface area (Å²) in [4.78, 5) is 24.3. The second-order valence-electron chi connectivity index (χ2n) is 6.03. The number of nitrogens with one attached hydrogen (secondary N) is 2. The van der Waals surface area contributed by atoms with Gasteiger partial charge in [0, 0.05) is 17.3 Å². The Morgan fingerprint density at radius 1 is 0.897 bits per heavy atom. The van der Waals surface area contributed by atoms with Crippen LogP contribution in [0.15, 0.2) is 72.8 Å². The van der Waals surface area contributed by atoms with Crippen LogP contribution in [0.4, 0.5) is 11.4 Å². The zero-order chi connectivity index (χ0) is 20.6. The number of benzene rings is 3. The van der Waals surface area contributed by atoms with E-state index in [4.69, 9.17) is 21.1 Å². The van der Waals surface area contributed by atoms with Crippen molar-refractivity contribution in [2.75, 3.05) is 24.4 Å². The number of rotatable bonds is 7. The molecule has 0 aromatic heterocycles. The first kappa shape index (κ1) is 20.2. The topological polar surface area (TPSA) is 76.7 Å². The molecule has 0 fully saturated rings. The zero-order valence-corrected chi connectivity index (χ0v) is 16.4. The summed E-state index contributed by atoms with van der Waals surface area (Å²) in [6.45, 7) is -0.169. The summed E-state index contributed by atoms with van der Waals surface area (Å²) in [6.07, 6.45) is 0. The van der Waals surface area contributed by atoms with Crippen LogP contribution in [0.25, 0.3) is 0 Å². The molecule has 3 aromatic rings. The van der Waals surface area contributed by atoms with E-state index in [0.717, 1.165) is 0 Å². The third-order valence-corrected chi connectivity index (χ3v) is 4.26. The molecule has 2 amide bonds. The molecule has 6 nitrogen and oxygen atoms in total. The molecule has 29 heavy (non-hydrogen) atoms. The Kier molecular flexibility index (Phi) is 6.71. The van der Waals surface area contributed by atoms with Gasteiger partial charge in [-0.25, -0.2) is 0 Å².